The van der Waals surface area contributed by atoms with Crippen LogP contribution in [-0.4, -0.2) is 34.8 Å². The van der Waals surface area contributed by atoms with Crippen molar-refractivity contribution in [3.63, 3.8) is 0 Å². The second-order valence-electron chi connectivity index (χ2n) is 5.38. The van der Waals surface area contributed by atoms with Crippen molar-refractivity contribution in [2.24, 2.45) is 0 Å². The maximum Gasteiger partial charge on any atom is 0.295 e. The van der Waals surface area contributed by atoms with Gasteiger partial charge in [0, 0.05) is 11.9 Å². The van der Waals surface area contributed by atoms with Crippen LogP contribution >= 0.6 is 11.3 Å². The quantitative estimate of drug-likeness (QED) is 0.698. The normalized spacial score (nSPS) is 10.1. The summed E-state index contributed by atoms with van der Waals surface area (Å²) in [5.41, 5.74) is 2.62. The van der Waals surface area contributed by atoms with Crippen molar-refractivity contribution in [1.29, 1.82) is 5.26 Å². The van der Waals surface area contributed by atoms with Gasteiger partial charge in [0.2, 0.25) is 5.13 Å². The highest BCUT2D eigenvalue weighted by molar-refractivity contribution is 7.17. The van der Waals surface area contributed by atoms with Gasteiger partial charge in [0.05, 0.1) is 12.7 Å². The van der Waals surface area contributed by atoms with Crippen LogP contribution in [0.1, 0.15) is 16.1 Å². The van der Waals surface area contributed by atoms with Crippen molar-refractivity contribution < 1.29 is 14.3 Å². The number of hydrogen-bond donors (Lipinski definition) is 1. The lowest BCUT2D eigenvalue weighted by Crippen LogP contribution is -2.14. The Morgan fingerprint density at radius 3 is 2.93 bits per heavy atom. The number of aromatic nitrogens is 3. The van der Waals surface area contributed by atoms with E-state index in [9.17, 15) is 4.79 Å². The summed E-state index contributed by atoms with van der Waals surface area (Å²) in [4.78, 5) is 17.0. The van der Waals surface area contributed by atoms with E-state index in [1.54, 1.807) is 18.2 Å². The number of anilines is 1. The van der Waals surface area contributed by atoms with Crippen LogP contribution in [0.5, 0.6) is 10.9 Å². The zero-order valence-electron chi connectivity index (χ0n) is 14.6. The van der Waals surface area contributed by atoms with Gasteiger partial charge in [0.1, 0.15) is 11.8 Å². The van der Waals surface area contributed by atoms with Crippen LogP contribution in [0.15, 0.2) is 36.5 Å². The number of hydrogen-bond acceptors (Lipinski definition) is 8. The first-order chi connectivity index (χ1) is 13.1. The molecule has 0 aliphatic rings. The van der Waals surface area contributed by atoms with Crippen molar-refractivity contribution in [3.8, 4) is 28.1 Å². The molecule has 0 unspecified atom stereocenters. The van der Waals surface area contributed by atoms with Crippen molar-refractivity contribution in [2.45, 2.75) is 6.92 Å². The molecular formula is C18H15N5O3S. The molecule has 1 amide bonds. The number of methoxy groups -OCH3 is 1. The number of nitriles is 1. The highest BCUT2D eigenvalue weighted by Crippen LogP contribution is 2.29. The van der Waals surface area contributed by atoms with E-state index in [1.807, 2.05) is 25.1 Å². The molecule has 0 radical (unpaired) electrons. The largest absolute Gasteiger partial charge is 0.479 e. The lowest BCUT2D eigenvalue weighted by Gasteiger charge is -2.11. The Balaban J connectivity index is 1.93. The summed E-state index contributed by atoms with van der Waals surface area (Å²) in [6.07, 6.45) is 1.51. The standard InChI is InChI=1S/C18H15N5O3S/c1-11-8-14(12-4-3-5-13(9-12)26-7-6-19)15(10-20-11)16(24)21-17-22-23-18(25-2)27-17/h3-5,8-10H,7H2,1-2H3,(H,21,22,24). The second kappa shape index (κ2) is 8.25. The number of benzene rings is 1. The van der Waals surface area contributed by atoms with Gasteiger partial charge in [-0.2, -0.15) is 5.26 Å². The summed E-state index contributed by atoms with van der Waals surface area (Å²) >= 11 is 1.12. The molecule has 136 valence electrons. The minimum absolute atomic E-state index is 0.0505. The van der Waals surface area contributed by atoms with Crippen LogP contribution < -0.4 is 14.8 Å². The molecule has 0 aliphatic carbocycles. The predicted octanol–water partition coefficient (Wildman–Crippen LogP) is 3.07. The van der Waals surface area contributed by atoms with Gasteiger partial charge in [-0.25, -0.2) is 0 Å². The molecule has 27 heavy (non-hydrogen) atoms. The first kappa shape index (κ1) is 18.3. The molecule has 0 aliphatic heterocycles. The molecule has 1 N–H and O–H groups in total. The third kappa shape index (κ3) is 4.37. The van der Waals surface area contributed by atoms with Crippen LogP contribution in [0.25, 0.3) is 11.1 Å². The molecule has 2 aromatic heterocycles. The Morgan fingerprint density at radius 2 is 2.19 bits per heavy atom. The molecule has 0 atom stereocenters. The molecule has 9 heteroatoms. The van der Waals surface area contributed by atoms with E-state index >= 15 is 0 Å². The topological polar surface area (TPSA) is 110 Å². The smallest absolute Gasteiger partial charge is 0.295 e. The van der Waals surface area contributed by atoms with Gasteiger partial charge < -0.3 is 9.47 Å². The van der Waals surface area contributed by atoms with Crippen LogP contribution in [0.3, 0.4) is 0 Å². The zero-order chi connectivity index (χ0) is 19.2. The average Bonchev–Trinajstić information content (AvgIpc) is 3.14. The van der Waals surface area contributed by atoms with E-state index in [2.05, 4.69) is 20.5 Å². The molecule has 3 rings (SSSR count). The summed E-state index contributed by atoms with van der Waals surface area (Å²) in [6.45, 7) is 1.79. The Kier molecular flexibility index (Phi) is 5.58. The number of nitrogens with zero attached hydrogens (tertiary/aromatic N) is 4. The molecule has 0 spiro atoms. The van der Waals surface area contributed by atoms with E-state index in [0.29, 0.717) is 27.2 Å². The molecule has 0 saturated carbocycles. The molecule has 1 aromatic carbocycles. The minimum Gasteiger partial charge on any atom is -0.479 e. The maximum atomic E-state index is 12.7. The Bertz CT molecular complexity index is 1010. The number of amides is 1. The van der Waals surface area contributed by atoms with Crippen molar-refractivity contribution in [3.05, 3.63) is 47.8 Å². The third-order valence-electron chi connectivity index (χ3n) is 3.54. The van der Waals surface area contributed by atoms with E-state index in [1.165, 1.54) is 13.3 Å². The number of aryl methyl sites for hydroxylation is 1. The Hall–Kier alpha value is -3.51. The van der Waals surface area contributed by atoms with Crippen LogP contribution in [-0.2, 0) is 0 Å². The number of carbonyl (C=O) groups is 1. The minimum atomic E-state index is -0.361. The second-order valence-corrected chi connectivity index (χ2v) is 6.32. The van der Waals surface area contributed by atoms with Crippen LogP contribution in [0.4, 0.5) is 5.13 Å². The van der Waals surface area contributed by atoms with Gasteiger partial charge in [-0.15, -0.1) is 5.10 Å². The van der Waals surface area contributed by atoms with Gasteiger partial charge >= 0.3 is 0 Å². The van der Waals surface area contributed by atoms with E-state index in [4.69, 9.17) is 14.7 Å². The fourth-order valence-corrected chi connectivity index (χ4v) is 2.91. The third-order valence-corrected chi connectivity index (χ3v) is 4.34. The summed E-state index contributed by atoms with van der Waals surface area (Å²) in [6, 6.07) is 10.9. The van der Waals surface area contributed by atoms with Crippen LogP contribution in [0.2, 0.25) is 0 Å². The number of rotatable bonds is 6. The SMILES string of the molecule is COc1nnc(NC(=O)c2cnc(C)cc2-c2cccc(OCC#N)c2)s1. The van der Waals surface area contributed by atoms with E-state index in [0.717, 1.165) is 22.6 Å². The number of nitrogens with one attached hydrogen (secondary N) is 1. The first-order valence-corrected chi connectivity index (χ1v) is 8.68. The van der Waals surface area contributed by atoms with Crippen molar-refractivity contribution in [1.82, 2.24) is 15.2 Å². The molecule has 2 heterocycles. The summed E-state index contributed by atoms with van der Waals surface area (Å²) in [7, 11) is 1.48. The lowest BCUT2D eigenvalue weighted by atomic mass is 10.00. The molecule has 0 saturated heterocycles. The van der Waals surface area contributed by atoms with Crippen LogP contribution in [0, 0.1) is 18.3 Å². The van der Waals surface area contributed by atoms with Crippen molar-refractivity contribution >= 4 is 22.4 Å². The molecule has 3 aromatic rings. The summed E-state index contributed by atoms with van der Waals surface area (Å²) in [5.74, 6) is 0.184. The molecule has 0 bridgehead atoms. The van der Waals surface area contributed by atoms with E-state index in [-0.39, 0.29) is 12.5 Å². The number of ether oxygens (including phenoxy) is 2. The molecular weight excluding hydrogens is 366 g/mol. The number of carbonyl (C=O) groups excluding carboxylic acids is 1. The summed E-state index contributed by atoms with van der Waals surface area (Å²) < 4.78 is 10.3. The fraction of sp³-hybridized carbons (Fsp3) is 0.167. The molecule has 0 fully saturated rings. The van der Waals surface area contributed by atoms with E-state index < -0.39 is 0 Å². The zero-order valence-corrected chi connectivity index (χ0v) is 15.4. The summed E-state index contributed by atoms with van der Waals surface area (Å²) in [5, 5.41) is 19.7. The first-order valence-electron chi connectivity index (χ1n) is 7.86. The molecule has 8 nitrogen and oxygen atoms in total. The van der Waals surface area contributed by atoms with Gasteiger partial charge in [0.25, 0.3) is 11.1 Å². The highest BCUT2D eigenvalue weighted by atomic mass is 32.1. The van der Waals surface area contributed by atoms with Gasteiger partial charge in [0.15, 0.2) is 6.61 Å². The van der Waals surface area contributed by atoms with Gasteiger partial charge in [-0.3, -0.25) is 15.1 Å². The fourth-order valence-electron chi connectivity index (χ4n) is 2.36. The Morgan fingerprint density at radius 1 is 1.33 bits per heavy atom. The lowest BCUT2D eigenvalue weighted by molar-refractivity contribution is 0.102. The highest BCUT2D eigenvalue weighted by Gasteiger charge is 2.17. The number of pyridine rings is 1. The predicted molar refractivity (Wildman–Crippen MR) is 99.9 cm³/mol. The van der Waals surface area contributed by atoms with Gasteiger partial charge in [-0.05, 0) is 47.6 Å². The van der Waals surface area contributed by atoms with Gasteiger partial charge in [-0.1, -0.05) is 17.2 Å². The van der Waals surface area contributed by atoms with Crippen molar-refractivity contribution in [2.75, 3.05) is 19.0 Å². The Labute approximate surface area is 159 Å². The maximum absolute atomic E-state index is 12.7. The monoisotopic (exact) mass is 381 g/mol. The average molecular weight is 381 g/mol.